The molecule has 0 bridgehead atoms. The van der Waals surface area contributed by atoms with Crippen LogP contribution in [0.5, 0.6) is 0 Å². The molecule has 0 unspecified atom stereocenters. The Morgan fingerprint density at radius 2 is 2.04 bits per heavy atom. The maximum atomic E-state index is 12.4. The van der Waals surface area contributed by atoms with E-state index in [0.29, 0.717) is 32.4 Å². The van der Waals surface area contributed by atoms with Crippen molar-refractivity contribution in [1.29, 1.82) is 0 Å². The summed E-state index contributed by atoms with van der Waals surface area (Å²) in [6.45, 7) is 1.12. The van der Waals surface area contributed by atoms with Gasteiger partial charge in [-0.2, -0.15) is 0 Å². The third-order valence-electron chi connectivity index (χ3n) is 4.53. The average molecular weight is 315 g/mol. The minimum atomic E-state index is -1.59. The second kappa shape index (κ2) is 6.04. The lowest BCUT2D eigenvalue weighted by Crippen LogP contribution is -2.57. The van der Waals surface area contributed by atoms with Gasteiger partial charge in [0.2, 0.25) is 5.91 Å². The van der Waals surface area contributed by atoms with Gasteiger partial charge in [-0.1, -0.05) is 18.2 Å². The second-order valence-corrected chi connectivity index (χ2v) is 6.13. The molecule has 122 valence electrons. The summed E-state index contributed by atoms with van der Waals surface area (Å²) in [6, 6.07) is 10.0. The molecular formula is C17H21N3O3. The van der Waals surface area contributed by atoms with Crippen molar-refractivity contribution in [3.8, 4) is 0 Å². The molecule has 3 N–H and O–H groups in total. The summed E-state index contributed by atoms with van der Waals surface area (Å²) < 4.78 is 2.04. The summed E-state index contributed by atoms with van der Waals surface area (Å²) in [5.41, 5.74) is 4.75. The van der Waals surface area contributed by atoms with Crippen molar-refractivity contribution in [2.75, 3.05) is 13.1 Å². The predicted molar refractivity (Wildman–Crippen MR) is 86.5 cm³/mol. The number of aromatic nitrogens is 1. The smallest absolute Gasteiger partial charge is 0.251 e. The van der Waals surface area contributed by atoms with E-state index in [1.54, 1.807) is 4.90 Å². The highest BCUT2D eigenvalue weighted by atomic mass is 16.3. The number of likely N-dealkylation sites (tertiary alicyclic amines) is 1. The van der Waals surface area contributed by atoms with E-state index in [4.69, 9.17) is 5.73 Å². The van der Waals surface area contributed by atoms with E-state index < -0.39 is 11.5 Å². The first-order valence-corrected chi connectivity index (χ1v) is 7.83. The predicted octanol–water partition coefficient (Wildman–Crippen LogP) is 0.870. The minimum Gasteiger partial charge on any atom is -0.378 e. The van der Waals surface area contributed by atoms with Crippen molar-refractivity contribution in [1.82, 2.24) is 9.47 Å². The van der Waals surface area contributed by atoms with E-state index in [-0.39, 0.29) is 12.5 Å². The number of hydrogen-bond acceptors (Lipinski definition) is 3. The Morgan fingerprint density at radius 1 is 1.26 bits per heavy atom. The molecule has 23 heavy (non-hydrogen) atoms. The summed E-state index contributed by atoms with van der Waals surface area (Å²) in [6.07, 6.45) is 3.19. The Bertz CT molecular complexity index is 740. The fourth-order valence-electron chi connectivity index (χ4n) is 3.16. The van der Waals surface area contributed by atoms with Crippen molar-refractivity contribution in [3.63, 3.8) is 0 Å². The number of aryl methyl sites for hydroxylation is 1. The van der Waals surface area contributed by atoms with E-state index in [1.807, 2.05) is 41.1 Å². The van der Waals surface area contributed by atoms with Crippen LogP contribution in [-0.2, 0) is 16.1 Å². The molecular weight excluding hydrogens is 294 g/mol. The third kappa shape index (κ3) is 3.07. The number of aliphatic hydroxyl groups is 1. The van der Waals surface area contributed by atoms with E-state index in [2.05, 4.69) is 0 Å². The van der Waals surface area contributed by atoms with Crippen LogP contribution in [0.4, 0.5) is 0 Å². The van der Waals surface area contributed by atoms with Gasteiger partial charge in [-0.05, 0) is 30.4 Å². The van der Waals surface area contributed by atoms with Crippen molar-refractivity contribution in [3.05, 3.63) is 36.5 Å². The van der Waals surface area contributed by atoms with Gasteiger partial charge in [-0.15, -0.1) is 0 Å². The average Bonchev–Trinajstić information content (AvgIpc) is 2.96. The molecule has 2 amide bonds. The zero-order valence-corrected chi connectivity index (χ0v) is 12.9. The molecule has 0 radical (unpaired) electrons. The van der Waals surface area contributed by atoms with Crippen LogP contribution in [0.3, 0.4) is 0 Å². The topological polar surface area (TPSA) is 88.6 Å². The maximum absolute atomic E-state index is 12.4. The number of amides is 2. The molecule has 1 saturated heterocycles. The number of primary amides is 1. The van der Waals surface area contributed by atoms with Crippen molar-refractivity contribution < 1.29 is 14.7 Å². The molecule has 6 nitrogen and oxygen atoms in total. The molecule has 6 heteroatoms. The summed E-state index contributed by atoms with van der Waals surface area (Å²) in [7, 11) is 0. The summed E-state index contributed by atoms with van der Waals surface area (Å²) >= 11 is 0. The largest absolute Gasteiger partial charge is 0.378 e. The monoisotopic (exact) mass is 315 g/mol. The molecule has 1 aliphatic rings. The van der Waals surface area contributed by atoms with Crippen molar-refractivity contribution in [2.45, 2.75) is 31.4 Å². The first kappa shape index (κ1) is 15.6. The van der Waals surface area contributed by atoms with E-state index in [9.17, 15) is 14.7 Å². The number of hydrogen-bond donors (Lipinski definition) is 2. The van der Waals surface area contributed by atoms with Gasteiger partial charge >= 0.3 is 0 Å². The van der Waals surface area contributed by atoms with Gasteiger partial charge in [0, 0.05) is 31.2 Å². The summed E-state index contributed by atoms with van der Waals surface area (Å²) in [4.78, 5) is 25.3. The van der Waals surface area contributed by atoms with E-state index in [1.165, 1.54) is 0 Å². The molecule has 1 aliphatic heterocycles. The van der Waals surface area contributed by atoms with Crippen LogP contribution in [0.25, 0.3) is 10.9 Å². The number of para-hydroxylation sites is 1. The van der Waals surface area contributed by atoms with E-state index >= 15 is 0 Å². The Morgan fingerprint density at radius 3 is 2.83 bits per heavy atom. The number of nitrogens with zero attached hydrogens (tertiary/aromatic N) is 2. The normalized spacial score (nSPS) is 21.5. The molecule has 1 fully saturated rings. The number of nitrogens with two attached hydrogens (primary N) is 1. The molecule has 1 atom stereocenters. The van der Waals surface area contributed by atoms with Crippen LogP contribution >= 0.6 is 0 Å². The van der Waals surface area contributed by atoms with E-state index in [0.717, 1.165) is 10.9 Å². The minimum absolute atomic E-state index is 0.00636. The number of β-amino-alcohol motifs (C(OH)–C–C–N with tert-alkyl or cyclic N) is 1. The summed E-state index contributed by atoms with van der Waals surface area (Å²) in [5.74, 6) is -0.825. The first-order valence-electron chi connectivity index (χ1n) is 7.83. The molecule has 3 rings (SSSR count). The Balaban J connectivity index is 1.64. The molecule has 0 spiro atoms. The molecule has 0 aliphatic carbocycles. The van der Waals surface area contributed by atoms with Gasteiger partial charge in [0.25, 0.3) is 5.91 Å². The van der Waals surface area contributed by atoms with Crippen molar-refractivity contribution >= 4 is 22.7 Å². The van der Waals surface area contributed by atoms with Gasteiger partial charge in [0.15, 0.2) is 5.60 Å². The van der Waals surface area contributed by atoms with Crippen LogP contribution in [0.15, 0.2) is 36.5 Å². The maximum Gasteiger partial charge on any atom is 0.251 e. The molecule has 1 aromatic carbocycles. The fourth-order valence-corrected chi connectivity index (χ4v) is 3.16. The van der Waals surface area contributed by atoms with Gasteiger partial charge in [-0.25, -0.2) is 0 Å². The number of rotatable bonds is 4. The zero-order valence-electron chi connectivity index (χ0n) is 12.9. The van der Waals surface area contributed by atoms with Crippen LogP contribution in [0.2, 0.25) is 0 Å². The lowest BCUT2D eigenvalue weighted by molar-refractivity contribution is -0.149. The molecule has 1 aromatic heterocycles. The number of piperidine rings is 1. The van der Waals surface area contributed by atoms with Gasteiger partial charge in [-0.3, -0.25) is 9.59 Å². The van der Waals surface area contributed by atoms with Crippen LogP contribution in [0.1, 0.15) is 19.3 Å². The van der Waals surface area contributed by atoms with Gasteiger partial charge in [0.05, 0.1) is 6.54 Å². The number of carbonyl (C=O) groups is 2. The Hall–Kier alpha value is -2.34. The number of benzene rings is 1. The molecule has 2 aromatic rings. The molecule has 0 saturated carbocycles. The van der Waals surface area contributed by atoms with Crippen LogP contribution in [0, 0.1) is 0 Å². The highest BCUT2D eigenvalue weighted by Gasteiger charge is 2.39. The highest BCUT2D eigenvalue weighted by Crippen LogP contribution is 2.22. The van der Waals surface area contributed by atoms with Gasteiger partial charge < -0.3 is 20.3 Å². The standard InChI is InChI=1S/C17H21N3O3/c18-16(22)17(23)8-3-9-20(12-17)15(21)7-11-19-10-6-13-4-1-2-5-14(13)19/h1-2,4-6,10,23H,3,7-9,11-12H2,(H2,18,22)/t17-/m0/s1. The Kier molecular flexibility index (Phi) is 4.09. The quantitative estimate of drug-likeness (QED) is 0.877. The molecule has 2 heterocycles. The van der Waals surface area contributed by atoms with Crippen LogP contribution in [-0.4, -0.2) is 45.1 Å². The number of carbonyl (C=O) groups excluding carboxylic acids is 2. The Labute approximate surface area is 134 Å². The first-order chi connectivity index (χ1) is 11.0. The highest BCUT2D eigenvalue weighted by molar-refractivity contribution is 5.85. The second-order valence-electron chi connectivity index (χ2n) is 6.13. The SMILES string of the molecule is NC(=O)[C@]1(O)CCCN(C(=O)CCn2ccc3ccccc32)C1. The zero-order chi connectivity index (χ0) is 16.4. The van der Waals surface area contributed by atoms with Crippen molar-refractivity contribution in [2.24, 2.45) is 5.73 Å². The lowest BCUT2D eigenvalue weighted by Gasteiger charge is -2.37. The summed E-state index contributed by atoms with van der Waals surface area (Å²) in [5, 5.41) is 11.3. The van der Waals surface area contributed by atoms with Gasteiger partial charge in [0.1, 0.15) is 0 Å². The fraction of sp³-hybridized carbons (Fsp3) is 0.412. The lowest BCUT2D eigenvalue weighted by atomic mass is 9.92. The third-order valence-corrected chi connectivity index (χ3v) is 4.53. The number of fused-ring (bicyclic) bond motifs is 1. The van der Waals surface area contributed by atoms with Crippen LogP contribution < -0.4 is 5.73 Å².